The van der Waals surface area contributed by atoms with Gasteiger partial charge >= 0.3 is 23.9 Å². The van der Waals surface area contributed by atoms with E-state index in [1.165, 1.54) is 25.7 Å². The fourth-order valence-electron chi connectivity index (χ4n) is 11.2. The van der Waals surface area contributed by atoms with Crippen LogP contribution in [0.4, 0.5) is 0 Å². The molecular formula is C41H71N3O8. The van der Waals surface area contributed by atoms with Crippen LogP contribution >= 0.6 is 0 Å². The van der Waals surface area contributed by atoms with Crippen LogP contribution < -0.4 is 17.2 Å². The van der Waals surface area contributed by atoms with Crippen LogP contribution in [-0.4, -0.2) is 68.4 Å². The van der Waals surface area contributed by atoms with E-state index < -0.39 is 0 Å². The highest BCUT2D eigenvalue weighted by Crippen LogP contribution is 2.69. The lowest BCUT2D eigenvalue weighted by Gasteiger charge is -2.64. The molecule has 4 aliphatic carbocycles. The summed E-state index contributed by atoms with van der Waals surface area (Å²) in [7, 11) is 0. The Hall–Kier alpha value is -2.24. The topological polar surface area (TPSA) is 183 Å². The predicted molar refractivity (Wildman–Crippen MR) is 199 cm³/mol. The monoisotopic (exact) mass is 734 g/mol. The summed E-state index contributed by atoms with van der Waals surface area (Å²) >= 11 is 0. The van der Waals surface area contributed by atoms with Crippen LogP contribution in [0.15, 0.2) is 0 Å². The highest BCUT2D eigenvalue weighted by atomic mass is 16.6. The van der Waals surface area contributed by atoms with E-state index in [1.807, 2.05) is 0 Å². The fraction of sp³-hybridized carbons (Fsp3) is 0.902. The van der Waals surface area contributed by atoms with Gasteiger partial charge in [0.05, 0.1) is 25.9 Å². The van der Waals surface area contributed by atoms with Crippen molar-refractivity contribution in [3.05, 3.63) is 0 Å². The summed E-state index contributed by atoms with van der Waals surface area (Å²) in [5.74, 6) is -0.00360. The highest BCUT2D eigenvalue weighted by molar-refractivity contribution is 5.71. The number of hydrogen-bond donors (Lipinski definition) is 3. The Morgan fingerprint density at radius 2 is 1.35 bits per heavy atom. The van der Waals surface area contributed by atoms with E-state index >= 15 is 0 Å². The average Bonchev–Trinajstić information content (AvgIpc) is 3.46. The van der Waals surface area contributed by atoms with Crippen LogP contribution in [0.25, 0.3) is 0 Å². The summed E-state index contributed by atoms with van der Waals surface area (Å²) in [6.07, 6.45) is 13.2. The predicted octanol–water partition coefficient (Wildman–Crippen LogP) is 5.97. The first kappa shape index (κ1) is 42.5. The van der Waals surface area contributed by atoms with Gasteiger partial charge in [-0.05, 0) is 92.8 Å². The summed E-state index contributed by atoms with van der Waals surface area (Å²) in [6.45, 7) is 10.3. The molecule has 0 aromatic heterocycles. The van der Waals surface area contributed by atoms with Crippen molar-refractivity contribution in [2.75, 3.05) is 26.2 Å². The molecule has 0 saturated heterocycles. The number of fused-ring (bicyclic) bond motifs is 5. The van der Waals surface area contributed by atoms with Gasteiger partial charge in [-0.1, -0.05) is 59.8 Å². The summed E-state index contributed by atoms with van der Waals surface area (Å²) in [4.78, 5) is 51.6. The molecule has 0 spiro atoms. The smallest absolute Gasteiger partial charge is 0.307 e. The Bertz CT molecular complexity index is 1180. The molecule has 6 N–H and O–H groups in total. The maximum Gasteiger partial charge on any atom is 0.307 e. The van der Waals surface area contributed by atoms with E-state index in [4.69, 9.17) is 36.1 Å². The molecule has 0 heterocycles. The Kier molecular flexibility index (Phi) is 16.3. The minimum atomic E-state index is -0.371. The van der Waals surface area contributed by atoms with Crippen molar-refractivity contribution < 1.29 is 38.1 Å². The van der Waals surface area contributed by atoms with Crippen molar-refractivity contribution in [3.8, 4) is 0 Å². The van der Waals surface area contributed by atoms with E-state index in [0.29, 0.717) is 38.7 Å². The van der Waals surface area contributed by atoms with E-state index in [0.717, 1.165) is 38.5 Å². The lowest BCUT2D eigenvalue weighted by atomic mass is 9.43. The van der Waals surface area contributed by atoms with Crippen molar-refractivity contribution in [1.82, 2.24) is 0 Å². The van der Waals surface area contributed by atoms with Gasteiger partial charge in [-0.15, -0.1) is 0 Å². The number of ether oxygens (including phenoxy) is 4. The van der Waals surface area contributed by atoms with Gasteiger partial charge in [0.25, 0.3) is 0 Å². The number of carbonyl (C=O) groups excluding carboxylic acids is 4. The second-order valence-electron chi connectivity index (χ2n) is 17.0. The summed E-state index contributed by atoms with van der Waals surface area (Å²) in [6, 6.07) is 0. The van der Waals surface area contributed by atoms with Crippen LogP contribution in [0.2, 0.25) is 0 Å². The standard InChI is InChI=1S/C41H71N3O8/c1-5-6-7-8-9-10-23-49-35(45)14-11-27(2)30-12-13-31-39-32(26-34(41(30,31)4)52-38(48)18-22-44)40(3)19-15-29(50-36(46)16-20-42)24-28(40)25-33(39)51-37(47)17-21-43/h27-34,39H,5-26,42-44H2,1-4H3/t27-,28?,29-,30?,31+,32+,33-,34+,39?,40?,41?/m1/s1. The van der Waals surface area contributed by atoms with Gasteiger partial charge < -0.3 is 36.1 Å². The Balaban J connectivity index is 1.56. The van der Waals surface area contributed by atoms with Crippen molar-refractivity contribution in [1.29, 1.82) is 0 Å². The fourth-order valence-corrected chi connectivity index (χ4v) is 11.2. The van der Waals surface area contributed by atoms with Crippen molar-refractivity contribution in [3.63, 3.8) is 0 Å². The third-order valence-corrected chi connectivity index (χ3v) is 13.9. The number of rotatable bonds is 20. The highest BCUT2D eigenvalue weighted by Gasteiger charge is 2.67. The molecule has 0 aromatic carbocycles. The molecule has 11 nitrogen and oxygen atoms in total. The number of carbonyl (C=O) groups is 4. The van der Waals surface area contributed by atoms with Crippen molar-refractivity contribution >= 4 is 23.9 Å². The Morgan fingerprint density at radius 3 is 2.02 bits per heavy atom. The molecule has 298 valence electrons. The third-order valence-electron chi connectivity index (χ3n) is 13.9. The minimum Gasteiger partial charge on any atom is -0.466 e. The summed E-state index contributed by atoms with van der Waals surface area (Å²) < 4.78 is 24.3. The van der Waals surface area contributed by atoms with Crippen LogP contribution in [0.1, 0.15) is 143 Å². The average molecular weight is 734 g/mol. The molecule has 0 bridgehead atoms. The summed E-state index contributed by atoms with van der Waals surface area (Å²) in [5.41, 5.74) is 16.7. The summed E-state index contributed by atoms with van der Waals surface area (Å²) in [5, 5.41) is 0. The lowest BCUT2D eigenvalue weighted by molar-refractivity contribution is -0.225. The number of hydrogen-bond acceptors (Lipinski definition) is 11. The van der Waals surface area contributed by atoms with Crippen LogP contribution in [-0.2, 0) is 38.1 Å². The van der Waals surface area contributed by atoms with Gasteiger partial charge in [0.15, 0.2) is 0 Å². The van der Waals surface area contributed by atoms with Gasteiger partial charge in [-0.3, -0.25) is 19.2 Å². The van der Waals surface area contributed by atoms with Crippen molar-refractivity contribution in [2.45, 2.75) is 162 Å². The van der Waals surface area contributed by atoms with Gasteiger partial charge in [0.1, 0.15) is 18.3 Å². The minimum absolute atomic E-state index is 0.0910. The third kappa shape index (κ3) is 10.1. The largest absolute Gasteiger partial charge is 0.466 e. The zero-order valence-electron chi connectivity index (χ0n) is 32.8. The number of unbranched alkanes of at least 4 members (excludes halogenated alkanes) is 5. The van der Waals surface area contributed by atoms with Crippen LogP contribution in [0.3, 0.4) is 0 Å². The molecule has 4 saturated carbocycles. The van der Waals surface area contributed by atoms with Gasteiger partial charge in [0.2, 0.25) is 0 Å². The Labute approximate surface area is 312 Å². The quantitative estimate of drug-likeness (QED) is 0.0762. The molecule has 0 aliphatic heterocycles. The molecule has 4 aliphatic rings. The molecule has 11 heteroatoms. The van der Waals surface area contributed by atoms with Gasteiger partial charge in [-0.25, -0.2) is 0 Å². The van der Waals surface area contributed by atoms with E-state index in [9.17, 15) is 19.2 Å². The van der Waals surface area contributed by atoms with Crippen LogP contribution in [0, 0.1) is 46.3 Å². The first-order chi connectivity index (χ1) is 24.9. The van der Waals surface area contributed by atoms with Gasteiger partial charge in [-0.2, -0.15) is 0 Å². The molecular weight excluding hydrogens is 662 g/mol. The second-order valence-corrected chi connectivity index (χ2v) is 17.0. The molecule has 4 rings (SSSR count). The van der Waals surface area contributed by atoms with Crippen molar-refractivity contribution in [2.24, 2.45) is 63.5 Å². The molecule has 4 fully saturated rings. The van der Waals surface area contributed by atoms with E-state index in [-0.39, 0.29) is 127 Å². The molecule has 11 atom stereocenters. The molecule has 0 radical (unpaired) electrons. The SMILES string of the molecule is CCCCCCCCOC(=O)CC[C@@H](C)C1CC[C@H]2C3[C@H](OC(=O)CCN)CC4C[C@H](OC(=O)CCN)CCC4(C)[C@H]3C[C@H](OC(=O)CCN)C12C. The van der Waals surface area contributed by atoms with Gasteiger partial charge in [0, 0.05) is 37.4 Å². The van der Waals surface area contributed by atoms with E-state index in [1.54, 1.807) is 0 Å². The zero-order valence-corrected chi connectivity index (χ0v) is 32.8. The van der Waals surface area contributed by atoms with E-state index in [2.05, 4.69) is 27.7 Å². The molecule has 0 aromatic rings. The lowest BCUT2D eigenvalue weighted by Crippen LogP contribution is -2.63. The zero-order chi connectivity index (χ0) is 37.9. The first-order valence-electron chi connectivity index (χ1n) is 20.8. The normalized spacial score (nSPS) is 34.3. The first-order valence-corrected chi connectivity index (χ1v) is 20.8. The number of nitrogens with two attached hydrogens (primary N) is 3. The maximum absolute atomic E-state index is 13.2. The molecule has 0 amide bonds. The Morgan fingerprint density at radius 1 is 0.712 bits per heavy atom. The number of esters is 4. The maximum atomic E-state index is 13.2. The molecule has 5 unspecified atom stereocenters. The van der Waals surface area contributed by atoms with Crippen LogP contribution in [0.5, 0.6) is 0 Å². The molecule has 52 heavy (non-hydrogen) atoms. The second kappa shape index (κ2) is 19.9.